The van der Waals surface area contributed by atoms with Crippen LogP contribution in [-0.4, -0.2) is 37.9 Å². The highest BCUT2D eigenvalue weighted by atomic mass is 16.5. The molecule has 0 radical (unpaired) electrons. The monoisotopic (exact) mass is 377 g/mol. The van der Waals surface area contributed by atoms with Crippen molar-refractivity contribution in [1.29, 1.82) is 0 Å². The summed E-state index contributed by atoms with van der Waals surface area (Å²) in [5, 5.41) is 0. The van der Waals surface area contributed by atoms with Crippen molar-refractivity contribution in [3.05, 3.63) is 71.3 Å². The van der Waals surface area contributed by atoms with Crippen molar-refractivity contribution in [2.24, 2.45) is 5.41 Å². The van der Waals surface area contributed by atoms with Crippen molar-refractivity contribution < 1.29 is 9.53 Å². The van der Waals surface area contributed by atoms with Crippen LogP contribution in [0.5, 0.6) is 5.75 Å². The Labute approximate surface area is 169 Å². The van der Waals surface area contributed by atoms with Crippen molar-refractivity contribution in [2.45, 2.75) is 33.1 Å². The number of ether oxygens (including phenoxy) is 1. The van der Waals surface area contributed by atoms with Crippen LogP contribution >= 0.6 is 0 Å². The summed E-state index contributed by atoms with van der Waals surface area (Å²) in [6, 6.07) is 18.6. The van der Waals surface area contributed by atoms with E-state index in [0.29, 0.717) is 13.0 Å². The van der Waals surface area contributed by atoms with Crippen LogP contribution in [0.25, 0.3) is 5.57 Å². The van der Waals surface area contributed by atoms with Crippen molar-refractivity contribution in [3.63, 3.8) is 0 Å². The molecule has 3 nitrogen and oxygen atoms in total. The van der Waals surface area contributed by atoms with Gasteiger partial charge < -0.3 is 9.64 Å². The third-order valence-corrected chi connectivity index (χ3v) is 5.47. The van der Waals surface area contributed by atoms with Gasteiger partial charge in [0.05, 0.1) is 7.11 Å². The molecule has 3 heteroatoms. The quantitative estimate of drug-likeness (QED) is 0.679. The molecule has 0 spiro atoms. The predicted octanol–water partition coefficient (Wildman–Crippen LogP) is 5.01. The van der Waals surface area contributed by atoms with Crippen LogP contribution in [0.1, 0.15) is 37.8 Å². The molecule has 2 aromatic carbocycles. The van der Waals surface area contributed by atoms with E-state index >= 15 is 0 Å². The lowest BCUT2D eigenvalue weighted by atomic mass is 9.72. The Kier molecular flexibility index (Phi) is 6.35. The van der Waals surface area contributed by atoms with Crippen LogP contribution in [0.3, 0.4) is 0 Å². The molecule has 0 atom stereocenters. The Morgan fingerprint density at radius 2 is 1.79 bits per heavy atom. The number of hydrogen-bond acceptors (Lipinski definition) is 3. The molecule has 0 saturated carbocycles. The zero-order valence-electron chi connectivity index (χ0n) is 17.5. The van der Waals surface area contributed by atoms with E-state index in [0.717, 1.165) is 36.3 Å². The molecule has 3 rings (SSSR count). The molecule has 0 fully saturated rings. The third kappa shape index (κ3) is 5.11. The smallest absolute Gasteiger partial charge is 0.161 e. The van der Waals surface area contributed by atoms with Crippen LogP contribution in [0.15, 0.2) is 60.2 Å². The lowest BCUT2D eigenvalue weighted by Crippen LogP contribution is -2.32. The van der Waals surface area contributed by atoms with Crippen LogP contribution < -0.4 is 4.74 Å². The number of carbonyl (C=O) groups is 1. The Morgan fingerprint density at radius 1 is 1.04 bits per heavy atom. The Balaban J connectivity index is 1.84. The molecular formula is C25H31NO2. The first-order valence-corrected chi connectivity index (χ1v) is 10.00. The summed E-state index contributed by atoms with van der Waals surface area (Å²) in [6.07, 6.45) is 2.51. The second-order valence-corrected chi connectivity index (χ2v) is 8.60. The molecule has 0 bridgehead atoms. The van der Waals surface area contributed by atoms with E-state index in [2.05, 4.69) is 56.1 Å². The highest BCUT2D eigenvalue weighted by Gasteiger charge is 2.33. The summed E-state index contributed by atoms with van der Waals surface area (Å²) >= 11 is 0. The minimum Gasteiger partial charge on any atom is -0.497 e. The zero-order chi connectivity index (χ0) is 20.1. The van der Waals surface area contributed by atoms with E-state index < -0.39 is 0 Å². The maximum Gasteiger partial charge on any atom is 0.161 e. The SMILES string of the molecule is COc1cccc(C2=C(CN(C)CCc3ccccc3)C(=O)CC(C)(C)C2)c1. The summed E-state index contributed by atoms with van der Waals surface area (Å²) in [6.45, 7) is 5.98. The van der Waals surface area contributed by atoms with Crippen molar-refractivity contribution in [1.82, 2.24) is 4.90 Å². The van der Waals surface area contributed by atoms with Crippen LogP contribution in [0.2, 0.25) is 0 Å². The lowest BCUT2D eigenvalue weighted by molar-refractivity contribution is -0.118. The molecule has 2 aromatic rings. The number of Topliss-reactive ketones (excluding diaryl/α,β-unsaturated/α-hetero) is 1. The normalized spacial score (nSPS) is 16.5. The van der Waals surface area contributed by atoms with Gasteiger partial charge in [0.25, 0.3) is 0 Å². The van der Waals surface area contributed by atoms with Gasteiger partial charge in [-0.05, 0) is 54.1 Å². The van der Waals surface area contributed by atoms with Gasteiger partial charge in [-0.15, -0.1) is 0 Å². The van der Waals surface area contributed by atoms with Gasteiger partial charge in [-0.25, -0.2) is 0 Å². The molecule has 0 aromatic heterocycles. The zero-order valence-corrected chi connectivity index (χ0v) is 17.5. The highest BCUT2D eigenvalue weighted by Crippen LogP contribution is 2.42. The van der Waals surface area contributed by atoms with Crippen molar-refractivity contribution in [3.8, 4) is 5.75 Å². The predicted molar refractivity (Wildman–Crippen MR) is 116 cm³/mol. The van der Waals surface area contributed by atoms with Gasteiger partial charge in [-0.3, -0.25) is 4.79 Å². The first kappa shape index (κ1) is 20.3. The third-order valence-electron chi connectivity index (χ3n) is 5.47. The average Bonchev–Trinajstić information content (AvgIpc) is 2.68. The summed E-state index contributed by atoms with van der Waals surface area (Å²) in [7, 11) is 3.79. The number of benzene rings is 2. The Bertz CT molecular complexity index is 852. The molecule has 1 aliphatic carbocycles. The first-order chi connectivity index (χ1) is 13.4. The summed E-state index contributed by atoms with van der Waals surface area (Å²) < 4.78 is 5.41. The average molecular weight is 378 g/mol. The maximum atomic E-state index is 13.0. The fraction of sp³-hybridized carbons (Fsp3) is 0.400. The highest BCUT2D eigenvalue weighted by molar-refractivity contribution is 6.05. The summed E-state index contributed by atoms with van der Waals surface area (Å²) in [5.41, 5.74) is 4.55. The minimum atomic E-state index is -0.0123. The number of allylic oxidation sites excluding steroid dienone is 1. The number of nitrogens with zero attached hydrogens (tertiary/aromatic N) is 1. The fourth-order valence-corrected chi connectivity index (χ4v) is 3.94. The molecule has 0 amide bonds. The number of ketones is 1. The molecule has 1 aliphatic rings. The minimum absolute atomic E-state index is 0.0123. The summed E-state index contributed by atoms with van der Waals surface area (Å²) in [4.78, 5) is 15.3. The Morgan fingerprint density at radius 3 is 2.50 bits per heavy atom. The molecule has 0 heterocycles. The molecule has 148 valence electrons. The molecule has 0 N–H and O–H groups in total. The van der Waals surface area contributed by atoms with Gasteiger partial charge in [-0.1, -0.05) is 56.3 Å². The topological polar surface area (TPSA) is 29.5 Å². The second-order valence-electron chi connectivity index (χ2n) is 8.60. The molecular weight excluding hydrogens is 346 g/mol. The van der Waals surface area contributed by atoms with E-state index in [9.17, 15) is 4.79 Å². The van der Waals surface area contributed by atoms with E-state index in [1.807, 2.05) is 24.3 Å². The number of likely N-dealkylation sites (N-methyl/N-ethyl adjacent to an activating group) is 1. The van der Waals surface area contributed by atoms with Gasteiger partial charge in [0.1, 0.15) is 5.75 Å². The molecule has 0 aliphatic heterocycles. The van der Waals surface area contributed by atoms with E-state index in [1.165, 1.54) is 11.1 Å². The molecule has 0 saturated heterocycles. The van der Waals surface area contributed by atoms with Crippen molar-refractivity contribution >= 4 is 11.4 Å². The van der Waals surface area contributed by atoms with Gasteiger partial charge in [-0.2, -0.15) is 0 Å². The molecule has 28 heavy (non-hydrogen) atoms. The standard InChI is InChI=1S/C25H31NO2/c1-25(2)16-22(20-11-8-12-21(15-20)28-4)23(24(27)17-25)18-26(3)14-13-19-9-6-5-7-10-19/h5-12,15H,13-14,16-18H2,1-4H3. The van der Waals surface area contributed by atoms with Gasteiger partial charge in [0.15, 0.2) is 5.78 Å². The first-order valence-electron chi connectivity index (χ1n) is 10.00. The second kappa shape index (κ2) is 8.74. The largest absolute Gasteiger partial charge is 0.497 e. The summed E-state index contributed by atoms with van der Waals surface area (Å²) in [5.74, 6) is 1.11. The molecule has 0 unspecified atom stereocenters. The maximum absolute atomic E-state index is 13.0. The lowest BCUT2D eigenvalue weighted by Gasteiger charge is -2.34. The number of hydrogen-bond donors (Lipinski definition) is 0. The van der Waals surface area contributed by atoms with Crippen LogP contribution in [0.4, 0.5) is 0 Å². The Hall–Kier alpha value is -2.39. The fourth-order valence-electron chi connectivity index (χ4n) is 3.94. The van der Waals surface area contributed by atoms with E-state index in [-0.39, 0.29) is 11.2 Å². The van der Waals surface area contributed by atoms with E-state index in [4.69, 9.17) is 4.74 Å². The number of carbonyl (C=O) groups excluding carboxylic acids is 1. The van der Waals surface area contributed by atoms with Crippen LogP contribution in [0, 0.1) is 5.41 Å². The number of methoxy groups -OCH3 is 1. The van der Waals surface area contributed by atoms with Gasteiger partial charge >= 0.3 is 0 Å². The van der Waals surface area contributed by atoms with Crippen LogP contribution in [-0.2, 0) is 11.2 Å². The van der Waals surface area contributed by atoms with E-state index in [1.54, 1.807) is 7.11 Å². The number of rotatable bonds is 7. The van der Waals surface area contributed by atoms with Gasteiger partial charge in [0, 0.05) is 25.1 Å². The van der Waals surface area contributed by atoms with Crippen molar-refractivity contribution in [2.75, 3.05) is 27.2 Å². The van der Waals surface area contributed by atoms with Gasteiger partial charge in [0.2, 0.25) is 0 Å².